The lowest BCUT2D eigenvalue weighted by Crippen LogP contribution is -2.17. The van der Waals surface area contributed by atoms with E-state index in [1.807, 2.05) is 0 Å². The van der Waals surface area contributed by atoms with Gasteiger partial charge in [0.1, 0.15) is 0 Å². The molecule has 0 aliphatic carbocycles. The van der Waals surface area contributed by atoms with E-state index >= 15 is 0 Å². The Kier molecular flexibility index (Phi) is 4.89. The van der Waals surface area contributed by atoms with Gasteiger partial charge in [-0.1, -0.05) is 36.2 Å². The van der Waals surface area contributed by atoms with Gasteiger partial charge in [-0.05, 0) is 12.1 Å². The second-order valence-electron chi connectivity index (χ2n) is 3.26. The van der Waals surface area contributed by atoms with Crippen molar-refractivity contribution in [2.24, 2.45) is 0 Å². The fourth-order valence-corrected chi connectivity index (χ4v) is 2.19. The number of hydrogen-bond acceptors (Lipinski definition) is 3. The molecule has 0 aliphatic rings. The van der Waals surface area contributed by atoms with Gasteiger partial charge in [0.25, 0.3) is 0 Å². The molecule has 0 radical (unpaired) electrons. The van der Waals surface area contributed by atoms with Crippen LogP contribution in [0.2, 0.25) is 10.0 Å². The molecule has 0 unspecified atom stereocenters. The molecule has 16 heavy (non-hydrogen) atoms. The molecule has 0 bridgehead atoms. The van der Waals surface area contributed by atoms with E-state index in [4.69, 9.17) is 23.2 Å². The third-order valence-corrected chi connectivity index (χ3v) is 4.64. The van der Waals surface area contributed by atoms with Gasteiger partial charge < -0.3 is 5.32 Å². The molecule has 0 fully saturated rings. The van der Waals surface area contributed by atoms with Gasteiger partial charge in [-0.3, -0.25) is 0 Å². The molecule has 0 saturated heterocycles. The summed E-state index contributed by atoms with van der Waals surface area (Å²) in [7, 11) is -2.95. The lowest BCUT2D eigenvalue weighted by molar-refractivity contribution is 0.597. The standard InChI is InChI=1S/C10H13Cl2NO2S/c1-2-16(14,15)7-6-13-9-5-3-4-8(11)10(9)12/h3-5,13H,2,6-7H2,1H3. The molecule has 0 heterocycles. The van der Waals surface area contributed by atoms with Crippen LogP contribution < -0.4 is 5.32 Å². The van der Waals surface area contributed by atoms with Crippen molar-refractivity contribution in [2.75, 3.05) is 23.4 Å². The van der Waals surface area contributed by atoms with Gasteiger partial charge >= 0.3 is 0 Å². The highest BCUT2D eigenvalue weighted by Crippen LogP contribution is 2.29. The molecule has 1 rings (SSSR count). The third-order valence-electron chi connectivity index (χ3n) is 2.12. The average Bonchev–Trinajstić information content (AvgIpc) is 2.24. The molecule has 1 aromatic carbocycles. The highest BCUT2D eigenvalue weighted by Gasteiger charge is 2.08. The largest absolute Gasteiger partial charge is 0.383 e. The Morgan fingerprint density at radius 3 is 2.62 bits per heavy atom. The number of anilines is 1. The Labute approximate surface area is 106 Å². The van der Waals surface area contributed by atoms with Crippen LogP contribution in [0.3, 0.4) is 0 Å². The van der Waals surface area contributed by atoms with E-state index in [2.05, 4.69) is 5.32 Å². The number of sulfone groups is 1. The molecule has 0 saturated carbocycles. The summed E-state index contributed by atoms with van der Waals surface area (Å²) in [6, 6.07) is 5.19. The Balaban J connectivity index is 2.59. The van der Waals surface area contributed by atoms with Crippen molar-refractivity contribution < 1.29 is 8.42 Å². The predicted molar refractivity (Wildman–Crippen MR) is 69.3 cm³/mol. The van der Waals surface area contributed by atoms with Crippen molar-refractivity contribution in [2.45, 2.75) is 6.92 Å². The van der Waals surface area contributed by atoms with E-state index in [1.54, 1.807) is 25.1 Å². The van der Waals surface area contributed by atoms with E-state index in [-0.39, 0.29) is 11.5 Å². The quantitative estimate of drug-likeness (QED) is 0.903. The topological polar surface area (TPSA) is 46.2 Å². The zero-order valence-electron chi connectivity index (χ0n) is 8.83. The van der Waals surface area contributed by atoms with E-state index in [0.29, 0.717) is 22.3 Å². The Morgan fingerprint density at radius 2 is 2.00 bits per heavy atom. The third kappa shape index (κ3) is 3.85. The van der Waals surface area contributed by atoms with Crippen LogP contribution in [-0.4, -0.2) is 26.5 Å². The summed E-state index contributed by atoms with van der Waals surface area (Å²) in [5.74, 6) is 0.240. The van der Waals surface area contributed by atoms with Crippen molar-refractivity contribution in [3.63, 3.8) is 0 Å². The monoisotopic (exact) mass is 281 g/mol. The molecule has 0 spiro atoms. The maximum Gasteiger partial charge on any atom is 0.151 e. The number of rotatable bonds is 5. The molecule has 1 N–H and O–H groups in total. The fraction of sp³-hybridized carbons (Fsp3) is 0.400. The second kappa shape index (κ2) is 5.75. The van der Waals surface area contributed by atoms with Gasteiger partial charge in [0.05, 0.1) is 21.5 Å². The normalized spacial score (nSPS) is 11.4. The zero-order chi connectivity index (χ0) is 12.2. The van der Waals surface area contributed by atoms with Crippen LogP contribution in [0.25, 0.3) is 0 Å². The molecule has 0 aromatic heterocycles. The summed E-state index contributed by atoms with van der Waals surface area (Å²) < 4.78 is 22.5. The zero-order valence-corrected chi connectivity index (χ0v) is 11.2. The molecular formula is C10H13Cl2NO2S. The minimum atomic E-state index is -2.95. The lowest BCUT2D eigenvalue weighted by Gasteiger charge is -2.08. The predicted octanol–water partition coefficient (Wildman–Crippen LogP) is 2.84. The molecule has 0 aliphatic heterocycles. The minimum absolute atomic E-state index is 0.0896. The van der Waals surface area contributed by atoms with E-state index in [9.17, 15) is 8.42 Å². The summed E-state index contributed by atoms with van der Waals surface area (Å²) >= 11 is 11.8. The molecule has 0 atom stereocenters. The van der Waals surface area contributed by atoms with Crippen molar-refractivity contribution in [3.8, 4) is 0 Å². The molecule has 90 valence electrons. The first-order valence-corrected chi connectivity index (χ1v) is 7.42. The summed E-state index contributed by atoms with van der Waals surface area (Å²) in [5.41, 5.74) is 0.653. The number of hydrogen-bond donors (Lipinski definition) is 1. The summed E-state index contributed by atoms with van der Waals surface area (Å²) in [4.78, 5) is 0. The van der Waals surface area contributed by atoms with E-state index in [0.717, 1.165) is 0 Å². The van der Waals surface area contributed by atoms with E-state index in [1.165, 1.54) is 0 Å². The van der Waals surface area contributed by atoms with Crippen molar-refractivity contribution in [1.29, 1.82) is 0 Å². The van der Waals surface area contributed by atoms with Gasteiger partial charge in [0.15, 0.2) is 9.84 Å². The van der Waals surface area contributed by atoms with Crippen LogP contribution in [-0.2, 0) is 9.84 Å². The van der Waals surface area contributed by atoms with Crippen LogP contribution in [0.4, 0.5) is 5.69 Å². The average molecular weight is 282 g/mol. The first-order chi connectivity index (χ1) is 7.46. The van der Waals surface area contributed by atoms with Crippen LogP contribution in [0.5, 0.6) is 0 Å². The molecule has 3 nitrogen and oxygen atoms in total. The Bertz CT molecular complexity index is 460. The van der Waals surface area contributed by atoms with Gasteiger partial charge in [-0.15, -0.1) is 0 Å². The van der Waals surface area contributed by atoms with Crippen LogP contribution in [0, 0.1) is 0 Å². The smallest absolute Gasteiger partial charge is 0.151 e. The maximum atomic E-state index is 11.2. The summed E-state index contributed by atoms with van der Waals surface area (Å²) in [6.07, 6.45) is 0. The van der Waals surface area contributed by atoms with Crippen molar-refractivity contribution >= 4 is 38.7 Å². The Morgan fingerprint density at radius 1 is 1.31 bits per heavy atom. The van der Waals surface area contributed by atoms with Crippen LogP contribution >= 0.6 is 23.2 Å². The van der Waals surface area contributed by atoms with Gasteiger partial charge in [0.2, 0.25) is 0 Å². The summed E-state index contributed by atoms with van der Waals surface area (Å²) in [6.45, 7) is 1.96. The number of benzene rings is 1. The molecule has 1 aromatic rings. The highest BCUT2D eigenvalue weighted by atomic mass is 35.5. The molecule has 0 amide bonds. The maximum absolute atomic E-state index is 11.2. The number of halogens is 2. The molecular weight excluding hydrogens is 269 g/mol. The highest BCUT2D eigenvalue weighted by molar-refractivity contribution is 7.91. The lowest BCUT2D eigenvalue weighted by atomic mass is 10.3. The van der Waals surface area contributed by atoms with Crippen molar-refractivity contribution in [1.82, 2.24) is 0 Å². The Hall–Kier alpha value is -0.450. The van der Waals surface area contributed by atoms with Gasteiger partial charge in [-0.2, -0.15) is 0 Å². The van der Waals surface area contributed by atoms with Crippen LogP contribution in [0.15, 0.2) is 18.2 Å². The van der Waals surface area contributed by atoms with Crippen molar-refractivity contribution in [3.05, 3.63) is 28.2 Å². The van der Waals surface area contributed by atoms with Gasteiger partial charge in [0, 0.05) is 12.3 Å². The van der Waals surface area contributed by atoms with E-state index < -0.39 is 9.84 Å². The van der Waals surface area contributed by atoms with Gasteiger partial charge in [-0.25, -0.2) is 8.42 Å². The SMILES string of the molecule is CCS(=O)(=O)CCNc1cccc(Cl)c1Cl. The number of nitrogens with one attached hydrogen (secondary N) is 1. The second-order valence-corrected chi connectivity index (χ2v) is 6.52. The van der Waals surface area contributed by atoms with Crippen LogP contribution in [0.1, 0.15) is 6.92 Å². The summed E-state index contributed by atoms with van der Waals surface area (Å²) in [5, 5.41) is 3.81. The first kappa shape index (κ1) is 13.6. The first-order valence-electron chi connectivity index (χ1n) is 4.84. The molecule has 6 heteroatoms. The minimum Gasteiger partial charge on any atom is -0.383 e. The fourth-order valence-electron chi connectivity index (χ4n) is 1.13.